The molecule has 1 fully saturated rings. The third kappa shape index (κ3) is 3.34. The Hall–Kier alpha value is -0.960. The molecule has 1 aliphatic rings. The molecule has 0 aromatic heterocycles. The molecule has 2 unspecified atom stereocenters. The summed E-state index contributed by atoms with van der Waals surface area (Å²) in [5.74, 6) is -1.15. The number of nitrogens with one attached hydrogen (secondary N) is 1. The van der Waals surface area contributed by atoms with Crippen molar-refractivity contribution >= 4 is 31.9 Å². The van der Waals surface area contributed by atoms with E-state index in [1.807, 2.05) is 6.92 Å². The molecule has 2 N–H and O–H groups in total. The third-order valence-corrected chi connectivity index (χ3v) is 6.23. The highest BCUT2D eigenvalue weighted by molar-refractivity contribution is 9.10. The Morgan fingerprint density at radius 1 is 1.41 bits per heavy atom. The van der Waals surface area contributed by atoms with E-state index >= 15 is 0 Å². The van der Waals surface area contributed by atoms with E-state index in [2.05, 4.69) is 20.7 Å². The summed E-state index contributed by atoms with van der Waals surface area (Å²) in [5, 5.41) is 9.32. The Kier molecular flexibility index (Phi) is 4.96. The predicted octanol–water partition coefficient (Wildman–Crippen LogP) is 2.22. The number of rotatable bonds is 4. The second-order valence-corrected chi connectivity index (χ2v) is 8.02. The van der Waals surface area contributed by atoms with Gasteiger partial charge in [-0.3, -0.25) is 0 Å². The minimum Gasteiger partial charge on any atom is -0.478 e. The summed E-state index contributed by atoms with van der Waals surface area (Å²) in [6.07, 6.45) is 0.602. The zero-order chi connectivity index (χ0) is 16.7. The van der Waals surface area contributed by atoms with Crippen molar-refractivity contribution in [2.75, 3.05) is 6.61 Å². The Morgan fingerprint density at radius 3 is 2.55 bits per heavy atom. The summed E-state index contributed by atoms with van der Waals surface area (Å²) in [7, 11) is -3.82. The Balaban J connectivity index is 2.45. The largest absolute Gasteiger partial charge is 0.478 e. The van der Waals surface area contributed by atoms with Crippen LogP contribution in [0.2, 0.25) is 0 Å². The average Bonchev–Trinajstić information content (AvgIpc) is 2.78. The fraction of sp³-hybridized carbons (Fsp3) is 0.500. The molecule has 1 aromatic rings. The number of hydrogen-bond acceptors (Lipinski definition) is 4. The van der Waals surface area contributed by atoms with Gasteiger partial charge >= 0.3 is 5.97 Å². The lowest BCUT2D eigenvalue weighted by Crippen LogP contribution is -2.35. The molecule has 22 heavy (non-hydrogen) atoms. The molecule has 122 valence electrons. The first-order valence-corrected chi connectivity index (χ1v) is 9.08. The third-order valence-electron chi connectivity index (χ3n) is 3.76. The van der Waals surface area contributed by atoms with Crippen molar-refractivity contribution in [3.8, 4) is 0 Å². The molecule has 1 aromatic carbocycles. The Labute approximate surface area is 138 Å². The van der Waals surface area contributed by atoms with Gasteiger partial charge in [-0.15, -0.1) is 0 Å². The number of aromatic carboxylic acids is 1. The van der Waals surface area contributed by atoms with Gasteiger partial charge in [-0.05, 0) is 44.4 Å². The molecule has 2 atom stereocenters. The van der Waals surface area contributed by atoms with Gasteiger partial charge in [-0.25, -0.2) is 17.9 Å². The van der Waals surface area contributed by atoms with Crippen molar-refractivity contribution in [3.05, 3.63) is 27.2 Å². The van der Waals surface area contributed by atoms with E-state index in [4.69, 9.17) is 4.74 Å². The molecule has 2 rings (SSSR count). The summed E-state index contributed by atoms with van der Waals surface area (Å²) in [5.41, 5.74) is 0.736. The van der Waals surface area contributed by atoms with Gasteiger partial charge in [0, 0.05) is 10.5 Å². The van der Waals surface area contributed by atoms with Gasteiger partial charge in [-0.2, -0.15) is 0 Å². The molecule has 0 radical (unpaired) electrons. The number of ether oxygens (including phenoxy) is 1. The van der Waals surface area contributed by atoms with Crippen molar-refractivity contribution in [2.24, 2.45) is 0 Å². The Bertz CT molecular complexity index is 716. The van der Waals surface area contributed by atoms with Gasteiger partial charge in [-0.1, -0.05) is 15.9 Å². The highest BCUT2D eigenvalue weighted by Crippen LogP contribution is 2.29. The summed E-state index contributed by atoms with van der Waals surface area (Å²) < 4.78 is 33.5. The van der Waals surface area contributed by atoms with Crippen LogP contribution in [0.3, 0.4) is 0 Å². The standard InChI is InChI=1S/C14H18BrNO5S/c1-7-4-10(6-21-7)16-22(19,20)12-5-11(15)8(2)13(9(12)3)14(17)18/h5,7,10,16H,4,6H2,1-3H3,(H,17,18). The summed E-state index contributed by atoms with van der Waals surface area (Å²) in [6.45, 7) is 5.34. The normalized spacial score (nSPS) is 22.0. The maximum absolute atomic E-state index is 12.6. The molecule has 0 bridgehead atoms. The quantitative estimate of drug-likeness (QED) is 0.820. The number of hydrogen-bond donors (Lipinski definition) is 2. The molecule has 6 nitrogen and oxygen atoms in total. The lowest BCUT2D eigenvalue weighted by molar-refractivity contribution is 0.0695. The van der Waals surface area contributed by atoms with Gasteiger partial charge in [0.1, 0.15) is 0 Å². The number of benzene rings is 1. The average molecular weight is 392 g/mol. The van der Waals surface area contributed by atoms with E-state index in [9.17, 15) is 18.3 Å². The van der Waals surface area contributed by atoms with E-state index in [0.29, 0.717) is 23.1 Å². The van der Waals surface area contributed by atoms with Crippen LogP contribution in [0.4, 0.5) is 0 Å². The molecule has 1 saturated heterocycles. The van der Waals surface area contributed by atoms with Crippen LogP contribution in [0.25, 0.3) is 0 Å². The number of carboxylic acids is 1. The van der Waals surface area contributed by atoms with E-state index < -0.39 is 16.0 Å². The molecular formula is C14H18BrNO5S. The molecule has 0 aliphatic carbocycles. The first kappa shape index (κ1) is 17.4. The highest BCUT2D eigenvalue weighted by atomic mass is 79.9. The van der Waals surface area contributed by atoms with Crippen LogP contribution in [0.5, 0.6) is 0 Å². The molecule has 0 saturated carbocycles. The van der Waals surface area contributed by atoms with Gasteiger partial charge in [0.05, 0.1) is 23.2 Å². The van der Waals surface area contributed by atoms with E-state index in [1.54, 1.807) is 6.92 Å². The van der Waals surface area contributed by atoms with Crippen LogP contribution >= 0.6 is 15.9 Å². The van der Waals surface area contributed by atoms with Crippen molar-refractivity contribution in [1.29, 1.82) is 0 Å². The van der Waals surface area contributed by atoms with Crippen LogP contribution in [0, 0.1) is 13.8 Å². The van der Waals surface area contributed by atoms with E-state index in [0.717, 1.165) is 0 Å². The number of halogens is 1. The zero-order valence-corrected chi connectivity index (χ0v) is 14.9. The van der Waals surface area contributed by atoms with Gasteiger partial charge in [0.15, 0.2) is 0 Å². The van der Waals surface area contributed by atoms with Crippen molar-refractivity contribution in [2.45, 2.75) is 44.2 Å². The van der Waals surface area contributed by atoms with Crippen LogP contribution in [0.15, 0.2) is 15.4 Å². The topological polar surface area (TPSA) is 92.7 Å². The zero-order valence-electron chi connectivity index (χ0n) is 12.5. The van der Waals surface area contributed by atoms with Crippen LogP contribution in [0.1, 0.15) is 34.8 Å². The first-order chi connectivity index (χ1) is 10.1. The van der Waals surface area contributed by atoms with Crippen LogP contribution in [-0.2, 0) is 14.8 Å². The lowest BCUT2D eigenvalue weighted by Gasteiger charge is -2.16. The summed E-state index contributed by atoms with van der Waals surface area (Å²) in [4.78, 5) is 11.4. The molecule has 0 spiro atoms. The second kappa shape index (κ2) is 6.27. The van der Waals surface area contributed by atoms with Crippen LogP contribution < -0.4 is 4.72 Å². The minimum atomic E-state index is -3.82. The molecule has 1 heterocycles. The number of sulfonamides is 1. The van der Waals surface area contributed by atoms with E-state index in [-0.39, 0.29) is 28.2 Å². The number of carbonyl (C=O) groups is 1. The minimum absolute atomic E-state index is 0.00536. The highest BCUT2D eigenvalue weighted by Gasteiger charge is 2.30. The maximum atomic E-state index is 12.6. The van der Waals surface area contributed by atoms with Gasteiger partial charge in [0.25, 0.3) is 0 Å². The molecular weight excluding hydrogens is 374 g/mol. The predicted molar refractivity (Wildman–Crippen MR) is 84.7 cm³/mol. The first-order valence-electron chi connectivity index (χ1n) is 6.80. The number of carboxylic acid groups (broad SMARTS) is 1. The fourth-order valence-electron chi connectivity index (χ4n) is 2.64. The molecule has 8 heteroatoms. The van der Waals surface area contributed by atoms with Gasteiger partial charge in [0.2, 0.25) is 10.0 Å². The van der Waals surface area contributed by atoms with Crippen molar-refractivity contribution in [1.82, 2.24) is 4.72 Å². The lowest BCUT2D eigenvalue weighted by atomic mass is 10.0. The fourth-order valence-corrected chi connectivity index (χ4v) is 4.72. The summed E-state index contributed by atoms with van der Waals surface area (Å²) in [6, 6.07) is 1.14. The monoisotopic (exact) mass is 391 g/mol. The van der Waals surface area contributed by atoms with Crippen molar-refractivity contribution < 1.29 is 23.1 Å². The van der Waals surface area contributed by atoms with Crippen molar-refractivity contribution in [3.63, 3.8) is 0 Å². The molecule has 1 aliphatic heterocycles. The Morgan fingerprint density at radius 2 is 2.05 bits per heavy atom. The molecule has 0 amide bonds. The smallest absolute Gasteiger partial charge is 0.336 e. The van der Waals surface area contributed by atoms with Crippen LogP contribution in [-0.4, -0.2) is 38.2 Å². The maximum Gasteiger partial charge on any atom is 0.336 e. The SMILES string of the molecule is Cc1c(Br)cc(S(=O)(=O)NC2COC(C)C2)c(C)c1C(=O)O. The second-order valence-electron chi connectivity index (χ2n) is 5.48. The van der Waals surface area contributed by atoms with Gasteiger partial charge < -0.3 is 9.84 Å². The van der Waals surface area contributed by atoms with E-state index in [1.165, 1.54) is 13.0 Å². The summed E-state index contributed by atoms with van der Waals surface area (Å²) >= 11 is 3.23.